The van der Waals surface area contributed by atoms with Crippen LogP contribution in [0, 0.1) is 36.8 Å². The van der Waals surface area contributed by atoms with Gasteiger partial charge in [0, 0.05) is 46.2 Å². The van der Waals surface area contributed by atoms with Gasteiger partial charge in [-0.1, -0.05) is 586 Å². The number of rotatable bonds is 90. The molecule has 0 saturated heterocycles. The molecule has 1 heterocycles. The van der Waals surface area contributed by atoms with Crippen LogP contribution in [0.3, 0.4) is 0 Å². The maximum atomic E-state index is 13.2. The molecule has 722 valence electrons. The average Bonchev–Trinajstić information content (AvgIpc) is 1.60. The normalized spacial score (nSPS) is 11.8. The van der Waals surface area contributed by atoms with Crippen molar-refractivity contribution in [3.05, 3.63) is 112 Å². The summed E-state index contributed by atoms with van der Waals surface area (Å²) < 4.78 is 1.69. The minimum absolute atomic E-state index is 0. The van der Waals surface area contributed by atoms with E-state index >= 15 is 0 Å². The molecule has 0 radical (unpaired) electrons. The van der Waals surface area contributed by atoms with E-state index in [0.717, 1.165) is 92.3 Å². The standard InChI is InChI=1S/C94H160N2.2C14H27.Ni/c1-7-13-19-25-29-31-33-35-37-39-41-43-45-47-49-51-53-55-57-59-61-65-69-75-87-80-88(76-70-66-62-60-58-56-54-52-50-48-46-44-42-40-38-36-34-32-30-26-20-14-8-2)84-90(83-87)94-92(78-72-24-18-12-6)91(77-71-23-17-11-5)93(96(94)95)89-81-85(73-67-63-27-21-15-9-3)79-86(82-89)74-68-64-28-22-16-10-4;2*1-3-5-7-9-11-13-14-12-10-8-6-4-2;/h79-84H,7-68,71-74,77-78H2,1-6H3;2*1,3H,4-14H2,2H3;/q;2*-1;+2. The van der Waals surface area contributed by atoms with Crippen LogP contribution >= 0.6 is 0 Å². The van der Waals surface area contributed by atoms with Crippen LogP contribution in [0.1, 0.15) is 654 Å². The number of benzene rings is 2. The molecule has 0 aromatic heterocycles. The van der Waals surface area contributed by atoms with E-state index in [4.69, 9.17) is 13.2 Å². The van der Waals surface area contributed by atoms with Gasteiger partial charge in [-0.25, -0.2) is 4.70 Å². The molecular formula is C122H214N2Ni. The fraction of sp³-hybridized carbons (Fsp3) is 0.803. The Morgan fingerprint density at radius 2 is 0.408 bits per heavy atom. The number of aryl methyl sites for hydroxylation is 2. The second kappa shape index (κ2) is 99.6. The molecular weight excluding hydrogens is 1550 g/mol. The largest absolute Gasteiger partial charge is 2.00 e. The molecule has 0 fully saturated rings. The zero-order valence-corrected chi connectivity index (χ0v) is 86.6. The summed E-state index contributed by atoms with van der Waals surface area (Å²) in [7, 11) is 0. The van der Waals surface area contributed by atoms with Crippen molar-refractivity contribution in [1.82, 2.24) is 0 Å². The van der Waals surface area contributed by atoms with Crippen LogP contribution in [-0.4, -0.2) is 4.70 Å². The first-order valence-corrected chi connectivity index (χ1v) is 56.6. The molecule has 0 unspecified atom stereocenters. The molecule has 0 spiro atoms. The third kappa shape index (κ3) is 76.8. The van der Waals surface area contributed by atoms with Gasteiger partial charge in [-0.05, 0) is 106 Å². The number of allylic oxidation sites excluding steroid dienone is 4. The van der Waals surface area contributed by atoms with Crippen molar-refractivity contribution in [2.45, 2.75) is 633 Å². The Kier molecular flexibility index (Phi) is 96.9. The molecule has 2 aromatic rings. The molecule has 0 bridgehead atoms. The molecule has 0 amide bonds. The Morgan fingerprint density at radius 3 is 0.632 bits per heavy atom. The summed E-state index contributed by atoms with van der Waals surface area (Å²) in [6.45, 7) is 29.1. The van der Waals surface area contributed by atoms with E-state index in [1.165, 1.54) is 542 Å². The fourth-order valence-electron chi connectivity index (χ4n) is 18.7. The van der Waals surface area contributed by atoms with Crippen molar-refractivity contribution in [3.63, 3.8) is 0 Å². The van der Waals surface area contributed by atoms with Crippen LogP contribution in [-0.2, 0) is 29.3 Å². The molecule has 0 saturated carbocycles. The van der Waals surface area contributed by atoms with Gasteiger partial charge in [-0.15, -0.1) is 0 Å². The maximum absolute atomic E-state index is 13.2. The van der Waals surface area contributed by atoms with Gasteiger partial charge in [-0.2, -0.15) is 0 Å². The average molecular weight is 1770 g/mol. The third-order valence-corrected chi connectivity index (χ3v) is 26.8. The molecule has 1 aliphatic rings. The van der Waals surface area contributed by atoms with Crippen LogP contribution in [0.4, 0.5) is 0 Å². The minimum atomic E-state index is 0. The summed E-state index contributed by atoms with van der Waals surface area (Å²) in [4.78, 5) is 0. The van der Waals surface area contributed by atoms with Crippen molar-refractivity contribution in [1.29, 1.82) is 0 Å². The first-order chi connectivity index (χ1) is 61.3. The summed E-state index contributed by atoms with van der Waals surface area (Å²) in [5.41, 5.74) is 25.3. The Bertz CT molecular complexity index is 2690. The summed E-state index contributed by atoms with van der Waals surface area (Å²) in [5, 5.41) is 0. The molecule has 3 heteroatoms. The topological polar surface area (TPSA) is 25.3 Å². The van der Waals surface area contributed by atoms with Crippen LogP contribution < -0.4 is 0 Å². The van der Waals surface area contributed by atoms with E-state index in [9.17, 15) is 5.53 Å². The summed E-state index contributed by atoms with van der Waals surface area (Å²) in [6.07, 6.45) is 124. The van der Waals surface area contributed by atoms with Crippen molar-refractivity contribution < 1.29 is 21.2 Å². The van der Waals surface area contributed by atoms with Gasteiger partial charge in [0.2, 0.25) is 11.4 Å². The number of hydrogen-bond donors (Lipinski definition) is 0. The third-order valence-electron chi connectivity index (χ3n) is 26.8. The molecule has 0 atom stereocenters. The molecule has 2 nitrogen and oxygen atoms in total. The molecule has 3 rings (SSSR count). The van der Waals surface area contributed by atoms with Gasteiger partial charge in [0.15, 0.2) is 0 Å². The Labute approximate surface area is 795 Å². The second-order valence-electron chi connectivity index (χ2n) is 39.1. The van der Waals surface area contributed by atoms with E-state index in [1.54, 1.807) is 16.8 Å². The minimum Gasteiger partial charge on any atom is -0.518 e. The Morgan fingerprint density at radius 1 is 0.224 bits per heavy atom. The zero-order valence-electron chi connectivity index (χ0n) is 85.6. The number of unbranched alkanes of at least 4 members (excludes halogenated alkanes) is 78. The maximum Gasteiger partial charge on any atom is 2.00 e. The van der Waals surface area contributed by atoms with Gasteiger partial charge < -0.3 is 18.7 Å². The van der Waals surface area contributed by atoms with Crippen molar-refractivity contribution >= 4 is 11.4 Å². The van der Waals surface area contributed by atoms with Crippen LogP contribution in [0.5, 0.6) is 0 Å². The van der Waals surface area contributed by atoms with Crippen molar-refractivity contribution in [2.24, 2.45) is 0 Å². The summed E-state index contributed by atoms with van der Waals surface area (Å²) in [6, 6.07) is 14.4. The fourth-order valence-corrected chi connectivity index (χ4v) is 18.7. The second-order valence-corrected chi connectivity index (χ2v) is 39.1. The summed E-state index contributed by atoms with van der Waals surface area (Å²) >= 11 is 0. The molecule has 125 heavy (non-hydrogen) atoms. The predicted molar refractivity (Wildman–Crippen MR) is 561 cm³/mol. The Balaban J connectivity index is 0.00000448. The first kappa shape index (κ1) is 122. The molecule has 0 aliphatic carbocycles. The van der Waals surface area contributed by atoms with Gasteiger partial charge in [-0.3, -0.25) is 12.2 Å². The van der Waals surface area contributed by atoms with Crippen LogP contribution in [0.15, 0.2) is 59.7 Å². The van der Waals surface area contributed by atoms with Gasteiger partial charge in [0.1, 0.15) is 0 Å². The quantitative estimate of drug-likeness (QED) is 0.0207. The zero-order chi connectivity index (χ0) is 89.5. The number of hydrogen-bond acceptors (Lipinski definition) is 0. The van der Waals surface area contributed by atoms with Gasteiger partial charge >= 0.3 is 16.5 Å². The van der Waals surface area contributed by atoms with Crippen LogP contribution in [0.2, 0.25) is 0 Å². The van der Waals surface area contributed by atoms with Crippen molar-refractivity contribution in [2.75, 3.05) is 0 Å². The van der Waals surface area contributed by atoms with Gasteiger partial charge in [0.25, 0.3) is 0 Å². The smallest absolute Gasteiger partial charge is 0.518 e. The number of nitrogens with zero attached hydrogens (tertiary/aromatic N) is 2. The van der Waals surface area contributed by atoms with Gasteiger partial charge in [0.05, 0.1) is 0 Å². The van der Waals surface area contributed by atoms with E-state index in [2.05, 4.69) is 115 Å². The molecule has 1 aliphatic heterocycles. The predicted octanol–water partition coefficient (Wildman–Crippen LogP) is 43.1. The first-order valence-electron chi connectivity index (χ1n) is 56.6. The van der Waals surface area contributed by atoms with E-state index < -0.39 is 0 Å². The van der Waals surface area contributed by atoms with E-state index in [-0.39, 0.29) is 16.5 Å². The van der Waals surface area contributed by atoms with E-state index in [0.29, 0.717) is 0 Å². The summed E-state index contributed by atoms with van der Waals surface area (Å²) in [5.74, 6) is 14.7. The SMILES string of the molecule is CCCCCCCCCCCCCCCCCCCCCCCC#Cc1cc(C#CCCCCCCCCCCCCCCCCCCCCCCC)cc(C2=C(CCCCCC)C(CCCCCC)=C(c3cc(CCCCCCCC)cc(CCCCCCCC)c3)[N+]2=[N-])c1.[CH-]=CCCCCCCCCCCCC.[CH-]=CCCCCCCCCCCCC.[Ni+2]. The molecule has 0 N–H and O–H groups in total. The monoisotopic (exact) mass is 1770 g/mol. The van der Waals surface area contributed by atoms with Crippen molar-refractivity contribution in [3.8, 4) is 23.7 Å². The van der Waals surface area contributed by atoms with E-state index in [1.807, 2.05) is 0 Å². The molecule has 2 aromatic carbocycles. The Hall–Kier alpha value is -3.39. The van der Waals surface area contributed by atoms with Crippen LogP contribution in [0.25, 0.3) is 16.9 Å².